The molecule has 0 unspecified atom stereocenters. The highest BCUT2D eigenvalue weighted by Crippen LogP contribution is 2.37. The van der Waals surface area contributed by atoms with Gasteiger partial charge in [-0.15, -0.1) is 0 Å². The zero-order valence-corrected chi connectivity index (χ0v) is 25.3. The molecular formula is C32H37F3N4O4S. The second kappa shape index (κ2) is 14.5. The number of thioether (sulfide) groups is 1. The SMILES string of the molecule is O=C(CCNCCCCCOc1ccc(C(F)(F)F)cc1)N1CCc2nc(SC3CCC3)n(-c3ccccc3O)c(=O)c2C1. The Hall–Kier alpha value is -3.51. The van der Waals surface area contributed by atoms with Crippen molar-refractivity contribution in [3.8, 4) is 17.2 Å². The van der Waals surface area contributed by atoms with E-state index in [9.17, 15) is 27.9 Å². The third-order valence-corrected chi connectivity index (χ3v) is 9.25. The van der Waals surface area contributed by atoms with Crippen molar-refractivity contribution in [3.05, 3.63) is 75.7 Å². The van der Waals surface area contributed by atoms with Gasteiger partial charge in [0, 0.05) is 31.2 Å². The van der Waals surface area contributed by atoms with E-state index >= 15 is 0 Å². The molecule has 2 heterocycles. The lowest BCUT2D eigenvalue weighted by Crippen LogP contribution is -2.42. The number of aromatic hydroxyl groups is 1. The summed E-state index contributed by atoms with van der Waals surface area (Å²) >= 11 is 1.59. The van der Waals surface area contributed by atoms with Crippen LogP contribution in [0.3, 0.4) is 0 Å². The molecule has 1 aromatic heterocycles. The molecule has 1 aliphatic heterocycles. The second-order valence-electron chi connectivity index (χ2n) is 11.1. The molecule has 1 fully saturated rings. The van der Waals surface area contributed by atoms with Gasteiger partial charge in [0.2, 0.25) is 5.91 Å². The minimum absolute atomic E-state index is 0.00769. The molecule has 0 saturated heterocycles. The maximum absolute atomic E-state index is 13.8. The zero-order chi connectivity index (χ0) is 31.1. The van der Waals surface area contributed by atoms with Crippen LogP contribution in [0.5, 0.6) is 11.5 Å². The minimum Gasteiger partial charge on any atom is -0.506 e. The van der Waals surface area contributed by atoms with Gasteiger partial charge in [-0.1, -0.05) is 30.3 Å². The lowest BCUT2D eigenvalue weighted by Gasteiger charge is -2.30. The Morgan fingerprint density at radius 2 is 1.84 bits per heavy atom. The summed E-state index contributed by atoms with van der Waals surface area (Å²) in [5, 5.41) is 14.8. The highest BCUT2D eigenvalue weighted by Gasteiger charge is 2.31. The Labute approximate surface area is 258 Å². The Morgan fingerprint density at radius 3 is 2.55 bits per heavy atom. The summed E-state index contributed by atoms with van der Waals surface area (Å²) in [6.07, 6.45) is 2.30. The topological polar surface area (TPSA) is 96.7 Å². The number of nitrogens with zero attached hydrogens (tertiary/aromatic N) is 3. The van der Waals surface area contributed by atoms with E-state index in [0.29, 0.717) is 59.9 Å². The molecule has 0 spiro atoms. The van der Waals surface area contributed by atoms with Crippen LogP contribution in [0.2, 0.25) is 0 Å². The molecule has 3 aromatic rings. The number of phenols is 1. The van der Waals surface area contributed by atoms with Crippen LogP contribution in [-0.4, -0.2) is 57.0 Å². The van der Waals surface area contributed by atoms with Crippen molar-refractivity contribution in [2.45, 2.75) is 74.5 Å². The van der Waals surface area contributed by atoms with E-state index in [1.54, 1.807) is 40.9 Å². The number of aromatic nitrogens is 2. The van der Waals surface area contributed by atoms with Crippen LogP contribution in [0, 0.1) is 0 Å². The van der Waals surface area contributed by atoms with Gasteiger partial charge in [0.15, 0.2) is 5.16 Å². The molecule has 2 aromatic carbocycles. The van der Waals surface area contributed by atoms with Crippen molar-refractivity contribution in [3.63, 3.8) is 0 Å². The third-order valence-electron chi connectivity index (χ3n) is 7.96. The van der Waals surface area contributed by atoms with Crippen LogP contribution < -0.4 is 15.6 Å². The molecule has 8 nitrogen and oxygen atoms in total. The van der Waals surface area contributed by atoms with Crippen molar-refractivity contribution in [1.29, 1.82) is 0 Å². The molecule has 1 saturated carbocycles. The van der Waals surface area contributed by atoms with Crippen LogP contribution in [0.4, 0.5) is 13.2 Å². The van der Waals surface area contributed by atoms with Crippen molar-refractivity contribution in [2.24, 2.45) is 0 Å². The normalized spacial score (nSPS) is 15.1. The van der Waals surface area contributed by atoms with Crippen LogP contribution >= 0.6 is 11.8 Å². The highest BCUT2D eigenvalue weighted by atomic mass is 32.2. The first-order valence-electron chi connectivity index (χ1n) is 15.1. The fourth-order valence-electron chi connectivity index (χ4n) is 5.19. The predicted molar refractivity (Wildman–Crippen MR) is 162 cm³/mol. The molecular weight excluding hydrogens is 593 g/mol. The largest absolute Gasteiger partial charge is 0.506 e. The van der Waals surface area contributed by atoms with Gasteiger partial charge in [-0.3, -0.25) is 14.2 Å². The quantitative estimate of drug-likeness (QED) is 0.184. The average molecular weight is 631 g/mol. The number of ether oxygens (including phenoxy) is 1. The fourth-order valence-corrected chi connectivity index (χ4v) is 6.50. The van der Waals surface area contributed by atoms with E-state index in [1.807, 2.05) is 0 Å². The van der Waals surface area contributed by atoms with Crippen molar-refractivity contribution in [2.75, 3.05) is 26.2 Å². The van der Waals surface area contributed by atoms with Gasteiger partial charge in [0.05, 0.1) is 35.7 Å². The number of hydrogen-bond donors (Lipinski definition) is 2. The van der Waals surface area contributed by atoms with Crippen LogP contribution in [0.15, 0.2) is 58.5 Å². The van der Waals surface area contributed by atoms with E-state index in [-0.39, 0.29) is 23.8 Å². The number of carbonyl (C=O) groups excluding carboxylic acids is 1. The number of alkyl halides is 3. The summed E-state index contributed by atoms with van der Waals surface area (Å²) in [4.78, 5) is 33.4. The first kappa shape index (κ1) is 31.9. The number of nitrogens with one attached hydrogen (secondary N) is 1. The summed E-state index contributed by atoms with van der Waals surface area (Å²) < 4.78 is 45.0. The number of rotatable bonds is 13. The van der Waals surface area contributed by atoms with E-state index in [1.165, 1.54) is 23.1 Å². The molecule has 2 N–H and O–H groups in total. The maximum atomic E-state index is 13.8. The molecule has 44 heavy (non-hydrogen) atoms. The van der Waals surface area contributed by atoms with E-state index < -0.39 is 11.7 Å². The summed E-state index contributed by atoms with van der Waals surface area (Å²) in [6, 6.07) is 11.4. The van der Waals surface area contributed by atoms with Crippen LogP contribution in [0.25, 0.3) is 5.69 Å². The van der Waals surface area contributed by atoms with Crippen LogP contribution in [0.1, 0.15) is 61.8 Å². The third kappa shape index (κ3) is 7.95. The van der Waals surface area contributed by atoms with Gasteiger partial charge in [-0.05, 0) is 75.0 Å². The smallest absolute Gasteiger partial charge is 0.416 e. The standard InChI is InChI=1S/C32H37F3N4O4S/c33-32(34,35)22-11-13-23(14-12-22)43-20-5-1-4-17-36-18-15-29(41)38-19-16-26-25(21-38)30(42)39(27-9-2-3-10-28(27)40)31(37-26)44-24-7-6-8-24/h2-3,9-14,24,36,40H,1,4-8,15-21H2. The molecule has 2 aliphatic rings. The number of benzene rings is 2. The molecule has 0 atom stereocenters. The summed E-state index contributed by atoms with van der Waals surface area (Å²) in [6.45, 7) is 2.36. The summed E-state index contributed by atoms with van der Waals surface area (Å²) in [5.74, 6) is 0.388. The van der Waals surface area contributed by atoms with E-state index in [0.717, 1.165) is 56.5 Å². The number of phenolic OH excluding ortho intramolecular Hbond substituents is 1. The van der Waals surface area contributed by atoms with Crippen molar-refractivity contribution >= 4 is 17.7 Å². The molecule has 1 aliphatic carbocycles. The number of fused-ring (bicyclic) bond motifs is 1. The van der Waals surface area contributed by atoms with Gasteiger partial charge in [0.1, 0.15) is 11.5 Å². The molecule has 5 rings (SSSR count). The second-order valence-corrected chi connectivity index (χ2v) is 12.4. The number of hydrogen-bond acceptors (Lipinski definition) is 7. The van der Waals surface area contributed by atoms with Gasteiger partial charge in [-0.2, -0.15) is 13.2 Å². The first-order valence-corrected chi connectivity index (χ1v) is 16.0. The molecule has 236 valence electrons. The number of carbonyl (C=O) groups is 1. The average Bonchev–Trinajstić information content (AvgIpc) is 2.98. The Balaban J connectivity index is 1.06. The Kier molecular flexibility index (Phi) is 10.5. The van der Waals surface area contributed by atoms with Gasteiger partial charge in [0.25, 0.3) is 5.56 Å². The Morgan fingerprint density at radius 1 is 1.07 bits per heavy atom. The van der Waals surface area contributed by atoms with Crippen LogP contribution in [-0.2, 0) is 23.9 Å². The molecule has 12 heteroatoms. The lowest BCUT2D eigenvalue weighted by molar-refractivity contribution is -0.137. The predicted octanol–water partition coefficient (Wildman–Crippen LogP) is 5.72. The van der Waals surface area contributed by atoms with Gasteiger partial charge < -0.3 is 20.1 Å². The monoisotopic (exact) mass is 630 g/mol. The lowest BCUT2D eigenvalue weighted by atomic mass is 10.0. The Bertz CT molecular complexity index is 1490. The summed E-state index contributed by atoms with van der Waals surface area (Å²) in [5.41, 5.74) is 0.686. The van der Waals surface area contributed by atoms with E-state index in [4.69, 9.17) is 9.72 Å². The molecule has 1 amide bonds. The fraction of sp³-hybridized carbons (Fsp3) is 0.469. The summed E-state index contributed by atoms with van der Waals surface area (Å²) in [7, 11) is 0. The first-order chi connectivity index (χ1) is 21.2. The van der Waals surface area contributed by atoms with Crippen molar-refractivity contribution < 1.29 is 27.8 Å². The molecule has 0 bridgehead atoms. The van der Waals surface area contributed by atoms with Crippen molar-refractivity contribution in [1.82, 2.24) is 19.8 Å². The number of halogens is 3. The highest BCUT2D eigenvalue weighted by molar-refractivity contribution is 7.99. The van der Waals surface area contributed by atoms with Gasteiger partial charge >= 0.3 is 6.18 Å². The zero-order valence-electron chi connectivity index (χ0n) is 24.4. The molecule has 0 radical (unpaired) electrons. The minimum atomic E-state index is -4.36. The maximum Gasteiger partial charge on any atom is 0.416 e. The van der Waals surface area contributed by atoms with Gasteiger partial charge in [-0.25, -0.2) is 4.98 Å². The number of unbranched alkanes of at least 4 members (excludes halogenated alkanes) is 2. The van der Waals surface area contributed by atoms with E-state index in [2.05, 4.69) is 5.32 Å². The number of para-hydroxylation sites is 2. The number of amides is 1.